The maximum atomic E-state index is 5.42. The van der Waals surface area contributed by atoms with Crippen molar-refractivity contribution in [1.29, 1.82) is 0 Å². The summed E-state index contributed by atoms with van der Waals surface area (Å²) in [6.07, 6.45) is 3.40. The van der Waals surface area contributed by atoms with E-state index in [9.17, 15) is 0 Å². The Morgan fingerprint density at radius 2 is 2.00 bits per heavy atom. The fourth-order valence-electron chi connectivity index (χ4n) is 3.66. The van der Waals surface area contributed by atoms with Gasteiger partial charge in [0.2, 0.25) is 0 Å². The van der Waals surface area contributed by atoms with Crippen LogP contribution in [0, 0.1) is 5.92 Å². The van der Waals surface area contributed by atoms with Crippen molar-refractivity contribution in [3.05, 3.63) is 52.2 Å². The zero-order chi connectivity index (χ0) is 19.6. The van der Waals surface area contributed by atoms with Crippen molar-refractivity contribution in [1.82, 2.24) is 15.5 Å². The molecule has 1 aromatic heterocycles. The molecule has 2 aromatic rings. The van der Waals surface area contributed by atoms with Crippen LogP contribution in [-0.2, 0) is 13.0 Å². The van der Waals surface area contributed by atoms with E-state index in [4.69, 9.17) is 4.74 Å². The SMILES string of the molecule is CN=C(NCCc1ccccc1OC)NCC1CCN(Cc2cccs2)CC1. The normalized spacial score (nSPS) is 16.1. The summed E-state index contributed by atoms with van der Waals surface area (Å²) in [5.41, 5.74) is 1.21. The van der Waals surface area contributed by atoms with E-state index < -0.39 is 0 Å². The van der Waals surface area contributed by atoms with Crippen LogP contribution in [0.5, 0.6) is 5.75 Å². The van der Waals surface area contributed by atoms with Crippen molar-refractivity contribution in [3.63, 3.8) is 0 Å². The van der Waals surface area contributed by atoms with Gasteiger partial charge in [-0.3, -0.25) is 9.89 Å². The molecule has 2 heterocycles. The number of benzene rings is 1. The Hall–Kier alpha value is -2.05. The predicted octanol–water partition coefficient (Wildman–Crippen LogP) is 3.38. The predicted molar refractivity (Wildman–Crippen MR) is 118 cm³/mol. The maximum absolute atomic E-state index is 5.42. The van der Waals surface area contributed by atoms with E-state index in [-0.39, 0.29) is 0 Å². The third kappa shape index (κ3) is 6.24. The molecule has 1 aromatic carbocycles. The summed E-state index contributed by atoms with van der Waals surface area (Å²) in [5, 5.41) is 9.09. The van der Waals surface area contributed by atoms with Crippen LogP contribution < -0.4 is 15.4 Å². The van der Waals surface area contributed by atoms with Crippen LogP contribution in [0.2, 0.25) is 0 Å². The Morgan fingerprint density at radius 1 is 1.18 bits per heavy atom. The van der Waals surface area contributed by atoms with Gasteiger partial charge in [-0.15, -0.1) is 11.3 Å². The summed E-state index contributed by atoms with van der Waals surface area (Å²) >= 11 is 1.86. The topological polar surface area (TPSA) is 48.9 Å². The lowest BCUT2D eigenvalue weighted by molar-refractivity contribution is 0.179. The Labute approximate surface area is 172 Å². The molecule has 1 aliphatic rings. The van der Waals surface area contributed by atoms with E-state index in [2.05, 4.69) is 50.2 Å². The van der Waals surface area contributed by atoms with E-state index in [1.807, 2.05) is 30.5 Å². The molecule has 0 atom stereocenters. The number of nitrogens with zero attached hydrogens (tertiary/aromatic N) is 2. The largest absolute Gasteiger partial charge is 0.496 e. The summed E-state index contributed by atoms with van der Waals surface area (Å²) in [6.45, 7) is 5.29. The molecule has 1 fully saturated rings. The first-order valence-electron chi connectivity index (χ1n) is 10.1. The molecule has 28 heavy (non-hydrogen) atoms. The summed E-state index contributed by atoms with van der Waals surface area (Å²) in [5.74, 6) is 2.55. The Balaban J connectivity index is 1.34. The van der Waals surface area contributed by atoms with Crippen LogP contribution in [0.3, 0.4) is 0 Å². The van der Waals surface area contributed by atoms with Crippen molar-refractivity contribution in [3.8, 4) is 5.75 Å². The van der Waals surface area contributed by atoms with Crippen LogP contribution >= 0.6 is 11.3 Å². The highest BCUT2D eigenvalue weighted by Gasteiger charge is 2.19. The molecule has 152 valence electrons. The van der Waals surface area contributed by atoms with Gasteiger partial charge < -0.3 is 15.4 Å². The number of hydrogen-bond acceptors (Lipinski definition) is 4. The second-order valence-electron chi connectivity index (χ2n) is 7.24. The number of rotatable bonds is 8. The van der Waals surface area contributed by atoms with Gasteiger partial charge in [-0.05, 0) is 61.3 Å². The van der Waals surface area contributed by atoms with Gasteiger partial charge in [-0.1, -0.05) is 24.3 Å². The van der Waals surface area contributed by atoms with Crippen LogP contribution in [-0.4, -0.2) is 51.2 Å². The molecule has 1 saturated heterocycles. The number of ether oxygens (including phenoxy) is 1. The highest BCUT2D eigenvalue weighted by atomic mass is 32.1. The summed E-state index contributed by atoms with van der Waals surface area (Å²) < 4.78 is 5.42. The van der Waals surface area contributed by atoms with E-state index in [0.717, 1.165) is 37.8 Å². The molecular formula is C22H32N4OS. The minimum absolute atomic E-state index is 0.715. The zero-order valence-corrected chi connectivity index (χ0v) is 17.8. The van der Waals surface area contributed by atoms with Crippen LogP contribution in [0.1, 0.15) is 23.3 Å². The highest BCUT2D eigenvalue weighted by Crippen LogP contribution is 2.20. The number of likely N-dealkylation sites (tertiary alicyclic amines) is 1. The lowest BCUT2D eigenvalue weighted by Crippen LogP contribution is -2.43. The molecule has 1 aliphatic heterocycles. The molecule has 0 bridgehead atoms. The highest BCUT2D eigenvalue weighted by molar-refractivity contribution is 7.09. The number of piperidine rings is 1. The van der Waals surface area contributed by atoms with Gasteiger partial charge in [0.1, 0.15) is 5.75 Å². The molecule has 6 heteroatoms. The van der Waals surface area contributed by atoms with Gasteiger partial charge in [0.25, 0.3) is 0 Å². The van der Waals surface area contributed by atoms with Gasteiger partial charge in [0.05, 0.1) is 7.11 Å². The Morgan fingerprint density at radius 3 is 2.71 bits per heavy atom. The van der Waals surface area contributed by atoms with Gasteiger partial charge in [0, 0.05) is 31.6 Å². The number of methoxy groups -OCH3 is 1. The molecule has 0 amide bonds. The third-order valence-corrected chi connectivity index (χ3v) is 6.19. The first kappa shape index (κ1) is 20.7. The van der Waals surface area contributed by atoms with Gasteiger partial charge in [-0.2, -0.15) is 0 Å². The number of nitrogens with one attached hydrogen (secondary N) is 2. The van der Waals surface area contributed by atoms with Crippen molar-refractivity contribution < 1.29 is 4.74 Å². The Kier molecular flexibility index (Phi) is 8.18. The van der Waals surface area contributed by atoms with Gasteiger partial charge in [0.15, 0.2) is 5.96 Å². The fourth-order valence-corrected chi connectivity index (χ4v) is 4.40. The molecule has 0 aliphatic carbocycles. The number of para-hydroxylation sites is 1. The first-order chi connectivity index (χ1) is 13.8. The average molecular weight is 401 g/mol. The summed E-state index contributed by atoms with van der Waals surface area (Å²) in [7, 11) is 3.56. The minimum atomic E-state index is 0.715. The molecule has 5 nitrogen and oxygen atoms in total. The second kappa shape index (κ2) is 11.1. The standard InChI is InChI=1S/C22H32N4OS/c1-23-22(24-12-9-19-6-3-4-8-21(19)27-2)25-16-18-10-13-26(14-11-18)17-20-7-5-15-28-20/h3-8,15,18H,9-14,16-17H2,1-2H3,(H2,23,24,25). The Bertz CT molecular complexity index is 724. The second-order valence-corrected chi connectivity index (χ2v) is 8.27. The number of guanidine groups is 1. The lowest BCUT2D eigenvalue weighted by atomic mass is 9.97. The molecule has 3 rings (SSSR count). The number of aliphatic imine (C=N–C) groups is 1. The molecular weight excluding hydrogens is 368 g/mol. The van der Waals surface area contributed by atoms with Crippen LogP contribution in [0.4, 0.5) is 0 Å². The third-order valence-electron chi connectivity index (χ3n) is 5.33. The van der Waals surface area contributed by atoms with Crippen molar-refractivity contribution in [2.75, 3.05) is 40.3 Å². The fraction of sp³-hybridized carbons (Fsp3) is 0.500. The van der Waals surface area contributed by atoms with Crippen molar-refractivity contribution >= 4 is 17.3 Å². The van der Waals surface area contributed by atoms with E-state index in [0.29, 0.717) is 5.92 Å². The van der Waals surface area contributed by atoms with E-state index in [1.54, 1.807) is 7.11 Å². The molecule has 0 saturated carbocycles. The van der Waals surface area contributed by atoms with E-state index in [1.165, 1.54) is 36.4 Å². The number of thiophene rings is 1. The summed E-state index contributed by atoms with van der Waals surface area (Å²) in [4.78, 5) is 8.41. The van der Waals surface area contributed by atoms with Crippen LogP contribution in [0.15, 0.2) is 46.8 Å². The first-order valence-corrected chi connectivity index (χ1v) is 11.0. The molecule has 0 spiro atoms. The van der Waals surface area contributed by atoms with Gasteiger partial charge in [-0.25, -0.2) is 0 Å². The van der Waals surface area contributed by atoms with Crippen molar-refractivity contribution in [2.45, 2.75) is 25.8 Å². The average Bonchev–Trinajstić information content (AvgIpc) is 3.25. The van der Waals surface area contributed by atoms with E-state index >= 15 is 0 Å². The van der Waals surface area contributed by atoms with Crippen molar-refractivity contribution in [2.24, 2.45) is 10.9 Å². The van der Waals surface area contributed by atoms with Gasteiger partial charge >= 0.3 is 0 Å². The zero-order valence-electron chi connectivity index (χ0n) is 17.0. The number of hydrogen-bond donors (Lipinski definition) is 2. The molecule has 0 radical (unpaired) electrons. The molecule has 2 N–H and O–H groups in total. The maximum Gasteiger partial charge on any atom is 0.190 e. The van der Waals surface area contributed by atoms with Crippen LogP contribution in [0.25, 0.3) is 0 Å². The monoisotopic (exact) mass is 400 g/mol. The summed E-state index contributed by atoms with van der Waals surface area (Å²) in [6, 6.07) is 12.5. The smallest absolute Gasteiger partial charge is 0.190 e. The quantitative estimate of drug-likeness (QED) is 0.527. The molecule has 0 unspecified atom stereocenters. The minimum Gasteiger partial charge on any atom is -0.496 e. The lowest BCUT2D eigenvalue weighted by Gasteiger charge is -2.32.